The zero-order chi connectivity index (χ0) is 16.8. The molecule has 0 aliphatic heterocycles. The Kier molecular flexibility index (Phi) is 8.55. The third-order valence-corrected chi connectivity index (χ3v) is 2.78. The number of carbonyl (C=O) groups excluding carboxylic acids is 1. The number of rotatable bonds is 7. The van der Waals surface area contributed by atoms with Crippen molar-refractivity contribution in [2.45, 2.75) is 19.5 Å². The molecule has 0 heterocycles. The van der Waals surface area contributed by atoms with Gasteiger partial charge >= 0.3 is 6.18 Å². The van der Waals surface area contributed by atoms with Gasteiger partial charge in [-0.15, -0.1) is 12.4 Å². The Bertz CT molecular complexity index is 553. The van der Waals surface area contributed by atoms with Crippen molar-refractivity contribution in [1.29, 1.82) is 0 Å². The molecule has 6 nitrogen and oxygen atoms in total. The second-order valence-corrected chi connectivity index (χ2v) is 4.49. The van der Waals surface area contributed by atoms with E-state index >= 15 is 0 Å². The lowest BCUT2D eigenvalue weighted by Crippen LogP contribution is -2.32. The lowest BCUT2D eigenvalue weighted by molar-refractivity contribution is -0.385. The fourth-order valence-corrected chi connectivity index (χ4v) is 1.71. The van der Waals surface area contributed by atoms with E-state index in [2.05, 4.69) is 10.6 Å². The van der Waals surface area contributed by atoms with Crippen molar-refractivity contribution >= 4 is 24.0 Å². The van der Waals surface area contributed by atoms with Crippen LogP contribution in [-0.4, -0.2) is 30.5 Å². The van der Waals surface area contributed by atoms with Crippen LogP contribution in [0.3, 0.4) is 0 Å². The fraction of sp³-hybridized carbons (Fsp3) is 0.462. The highest BCUT2D eigenvalue weighted by Crippen LogP contribution is 2.32. The van der Waals surface area contributed by atoms with E-state index < -0.39 is 33.8 Å². The predicted molar refractivity (Wildman–Crippen MR) is 80.8 cm³/mol. The number of amides is 1. The molecule has 0 unspecified atom stereocenters. The van der Waals surface area contributed by atoms with E-state index in [-0.39, 0.29) is 19.0 Å². The van der Waals surface area contributed by atoms with Crippen LogP contribution in [0.25, 0.3) is 0 Å². The minimum absolute atomic E-state index is 0. The molecule has 0 saturated heterocycles. The zero-order valence-corrected chi connectivity index (χ0v) is 13.1. The second kappa shape index (κ2) is 9.31. The van der Waals surface area contributed by atoms with Gasteiger partial charge in [-0.1, -0.05) is 6.92 Å². The Balaban J connectivity index is 0.00000484. The van der Waals surface area contributed by atoms with Gasteiger partial charge in [0.2, 0.25) is 0 Å². The number of hydrogen-bond donors (Lipinski definition) is 2. The van der Waals surface area contributed by atoms with E-state index in [9.17, 15) is 28.1 Å². The molecule has 0 aliphatic carbocycles. The SMILES string of the molecule is CCCNCCNC(=O)c1ccc(C(F)(F)F)cc1[N+](=O)[O-].Cl. The van der Waals surface area contributed by atoms with Gasteiger partial charge < -0.3 is 10.6 Å². The van der Waals surface area contributed by atoms with Crippen molar-refractivity contribution in [3.05, 3.63) is 39.4 Å². The third kappa shape index (κ3) is 6.41. The Hall–Kier alpha value is -1.87. The van der Waals surface area contributed by atoms with Gasteiger partial charge in [0.1, 0.15) is 5.56 Å². The number of carbonyl (C=O) groups is 1. The summed E-state index contributed by atoms with van der Waals surface area (Å²) in [5.74, 6) is -0.779. The topological polar surface area (TPSA) is 84.3 Å². The quantitative estimate of drug-likeness (QED) is 0.447. The van der Waals surface area contributed by atoms with Crippen molar-refractivity contribution in [2.24, 2.45) is 0 Å². The van der Waals surface area contributed by atoms with Crippen LogP contribution in [-0.2, 0) is 6.18 Å². The summed E-state index contributed by atoms with van der Waals surface area (Å²) in [6.07, 6.45) is -3.79. The van der Waals surface area contributed by atoms with Gasteiger partial charge in [-0.25, -0.2) is 0 Å². The number of benzene rings is 1. The summed E-state index contributed by atoms with van der Waals surface area (Å²) in [4.78, 5) is 21.7. The third-order valence-electron chi connectivity index (χ3n) is 2.78. The molecule has 1 aromatic rings. The molecule has 1 aromatic carbocycles. The molecule has 23 heavy (non-hydrogen) atoms. The molecule has 0 spiro atoms. The molecule has 0 atom stereocenters. The van der Waals surface area contributed by atoms with Crippen LogP contribution in [0, 0.1) is 10.1 Å². The molecule has 10 heteroatoms. The molecule has 0 radical (unpaired) electrons. The summed E-state index contributed by atoms with van der Waals surface area (Å²) in [6.45, 7) is 3.42. The number of nitrogens with one attached hydrogen (secondary N) is 2. The highest BCUT2D eigenvalue weighted by molar-refractivity contribution is 5.98. The average molecular weight is 356 g/mol. The Labute approximate surface area is 137 Å². The zero-order valence-electron chi connectivity index (χ0n) is 12.3. The monoisotopic (exact) mass is 355 g/mol. The molecule has 0 saturated carbocycles. The van der Waals surface area contributed by atoms with Crippen molar-refractivity contribution < 1.29 is 22.9 Å². The van der Waals surface area contributed by atoms with Gasteiger partial charge in [0.05, 0.1) is 10.5 Å². The Morgan fingerprint density at radius 3 is 2.43 bits per heavy atom. The maximum Gasteiger partial charge on any atom is 0.416 e. The van der Waals surface area contributed by atoms with E-state index in [1.807, 2.05) is 6.92 Å². The maximum atomic E-state index is 12.6. The number of hydrogen-bond acceptors (Lipinski definition) is 4. The molecule has 0 aromatic heterocycles. The van der Waals surface area contributed by atoms with Crippen LogP contribution in [0.5, 0.6) is 0 Å². The minimum atomic E-state index is -4.70. The first-order valence-electron chi connectivity index (χ1n) is 6.62. The molecule has 1 amide bonds. The standard InChI is InChI=1S/C13H16F3N3O3.ClH/c1-2-5-17-6-7-18-12(20)10-4-3-9(13(14,15)16)8-11(10)19(21)22;/h3-4,8,17H,2,5-7H2,1H3,(H,18,20);1H. The molecular formula is C13H17ClF3N3O3. The van der Waals surface area contributed by atoms with Crippen LogP contribution >= 0.6 is 12.4 Å². The van der Waals surface area contributed by atoms with E-state index in [1.165, 1.54) is 0 Å². The van der Waals surface area contributed by atoms with Crippen LogP contribution < -0.4 is 10.6 Å². The van der Waals surface area contributed by atoms with Crippen molar-refractivity contribution in [1.82, 2.24) is 10.6 Å². The lowest BCUT2D eigenvalue weighted by Gasteiger charge is -2.09. The van der Waals surface area contributed by atoms with Crippen LogP contribution in [0.15, 0.2) is 18.2 Å². The Morgan fingerprint density at radius 1 is 1.26 bits per heavy atom. The molecule has 0 aliphatic rings. The smallest absolute Gasteiger partial charge is 0.351 e. The first-order valence-corrected chi connectivity index (χ1v) is 6.62. The van der Waals surface area contributed by atoms with E-state index in [1.54, 1.807) is 0 Å². The first kappa shape index (κ1) is 21.1. The largest absolute Gasteiger partial charge is 0.416 e. The Morgan fingerprint density at radius 2 is 1.91 bits per heavy atom. The summed E-state index contributed by atoms with van der Waals surface area (Å²) in [5.41, 5.74) is -2.43. The summed E-state index contributed by atoms with van der Waals surface area (Å²) in [5, 5.41) is 16.3. The van der Waals surface area contributed by atoms with E-state index in [0.29, 0.717) is 18.7 Å². The van der Waals surface area contributed by atoms with Crippen molar-refractivity contribution in [3.8, 4) is 0 Å². The highest BCUT2D eigenvalue weighted by Gasteiger charge is 2.33. The summed E-state index contributed by atoms with van der Waals surface area (Å²) in [7, 11) is 0. The van der Waals surface area contributed by atoms with Gasteiger partial charge in [-0.3, -0.25) is 14.9 Å². The van der Waals surface area contributed by atoms with Gasteiger partial charge in [0.25, 0.3) is 11.6 Å². The van der Waals surface area contributed by atoms with E-state index in [0.717, 1.165) is 19.0 Å². The van der Waals surface area contributed by atoms with Crippen molar-refractivity contribution in [2.75, 3.05) is 19.6 Å². The summed E-state index contributed by atoms with van der Waals surface area (Å²) < 4.78 is 37.7. The molecule has 2 N–H and O–H groups in total. The second-order valence-electron chi connectivity index (χ2n) is 4.49. The molecule has 0 fully saturated rings. The van der Waals surface area contributed by atoms with Crippen LogP contribution in [0.1, 0.15) is 29.3 Å². The van der Waals surface area contributed by atoms with Gasteiger partial charge in [-0.05, 0) is 25.1 Å². The summed E-state index contributed by atoms with van der Waals surface area (Å²) in [6, 6.07) is 1.83. The number of halogens is 4. The van der Waals surface area contributed by atoms with Gasteiger partial charge in [-0.2, -0.15) is 13.2 Å². The molecule has 130 valence electrons. The number of nitro benzene ring substituents is 1. The van der Waals surface area contributed by atoms with Gasteiger partial charge in [0, 0.05) is 19.2 Å². The predicted octanol–water partition coefficient (Wildman–Crippen LogP) is 2.76. The molecular weight excluding hydrogens is 339 g/mol. The lowest BCUT2D eigenvalue weighted by atomic mass is 10.1. The van der Waals surface area contributed by atoms with Crippen LogP contribution in [0.4, 0.5) is 18.9 Å². The fourth-order valence-electron chi connectivity index (χ4n) is 1.71. The number of nitrogens with zero attached hydrogens (tertiary/aromatic N) is 1. The van der Waals surface area contributed by atoms with Crippen LogP contribution in [0.2, 0.25) is 0 Å². The normalized spacial score (nSPS) is 10.8. The first-order chi connectivity index (χ1) is 10.3. The van der Waals surface area contributed by atoms with Gasteiger partial charge in [0.15, 0.2) is 0 Å². The molecule has 0 bridgehead atoms. The van der Waals surface area contributed by atoms with E-state index in [4.69, 9.17) is 0 Å². The minimum Gasteiger partial charge on any atom is -0.351 e. The maximum absolute atomic E-state index is 12.6. The molecule has 1 rings (SSSR count). The summed E-state index contributed by atoms with van der Waals surface area (Å²) >= 11 is 0. The average Bonchev–Trinajstić information content (AvgIpc) is 2.45. The van der Waals surface area contributed by atoms with Crippen molar-refractivity contribution in [3.63, 3.8) is 0 Å². The highest BCUT2D eigenvalue weighted by atomic mass is 35.5. The number of nitro groups is 1. The number of alkyl halides is 3.